The molecule has 0 radical (unpaired) electrons. The van der Waals surface area contributed by atoms with Crippen LogP contribution in [0.3, 0.4) is 0 Å². The van der Waals surface area contributed by atoms with Crippen molar-refractivity contribution in [2.45, 2.75) is 103 Å². The van der Waals surface area contributed by atoms with Gasteiger partial charge in [0.15, 0.2) is 0 Å². The maximum absolute atomic E-state index is 11.1. The van der Waals surface area contributed by atoms with Crippen molar-refractivity contribution in [1.29, 1.82) is 0 Å². The first kappa shape index (κ1) is 35.3. The largest absolute Gasteiger partial charge is 0.485 e. The highest BCUT2D eigenvalue weighted by Gasteiger charge is 2.47. The highest BCUT2D eigenvalue weighted by atomic mass is 31.2. The first-order chi connectivity index (χ1) is 19.6. The molecule has 0 spiro atoms. The summed E-state index contributed by atoms with van der Waals surface area (Å²) in [7, 11) is -5.55. The molecule has 236 valence electrons. The molecule has 1 fully saturated rings. The third kappa shape index (κ3) is 8.94. The summed E-state index contributed by atoms with van der Waals surface area (Å²) in [5.74, 6) is 1.01. The van der Waals surface area contributed by atoms with E-state index in [9.17, 15) is 24.7 Å². The summed E-state index contributed by atoms with van der Waals surface area (Å²) in [6.45, 7) is 13.5. The Kier molecular flexibility index (Phi) is 12.4. The van der Waals surface area contributed by atoms with Crippen molar-refractivity contribution in [2.24, 2.45) is 5.41 Å². The SMILES string of the molecule is Cc1cc(C(C)(C)C)c(C(Oc2ccccc2C2CCCCC2)C(CO)(COP(O)O)COP(O)O)c(C(C)(C)C)c1. The molecule has 0 aliphatic heterocycles. The van der Waals surface area contributed by atoms with Crippen molar-refractivity contribution in [1.82, 2.24) is 0 Å². The molecule has 1 atom stereocenters. The molecule has 42 heavy (non-hydrogen) atoms. The summed E-state index contributed by atoms with van der Waals surface area (Å²) < 4.78 is 17.9. The van der Waals surface area contributed by atoms with Gasteiger partial charge in [-0.25, -0.2) is 0 Å². The van der Waals surface area contributed by atoms with Crippen LogP contribution in [-0.4, -0.2) is 44.5 Å². The Hall–Kier alpha value is -1.18. The van der Waals surface area contributed by atoms with Gasteiger partial charge >= 0.3 is 17.2 Å². The van der Waals surface area contributed by atoms with Crippen LogP contribution in [-0.2, 0) is 19.9 Å². The smallest absolute Gasteiger partial charge is 0.327 e. The van der Waals surface area contributed by atoms with Gasteiger partial charge in [0.05, 0.1) is 25.2 Å². The van der Waals surface area contributed by atoms with E-state index >= 15 is 0 Å². The number of para-hydroxylation sites is 1. The first-order valence-electron chi connectivity index (χ1n) is 14.7. The summed E-state index contributed by atoms with van der Waals surface area (Å²) in [5.41, 5.74) is 2.93. The Labute approximate surface area is 254 Å². The lowest BCUT2D eigenvalue weighted by molar-refractivity contribution is -0.0668. The van der Waals surface area contributed by atoms with Crippen LogP contribution >= 0.6 is 17.2 Å². The van der Waals surface area contributed by atoms with E-state index in [1.165, 1.54) is 6.42 Å². The average molecular weight is 625 g/mol. The summed E-state index contributed by atoms with van der Waals surface area (Å²) in [6, 6.07) is 12.2. The molecule has 2 aromatic rings. The standard InChI is InChI=1S/C32H50O8P2/c1-22-17-25(30(2,3)4)28(26(18-22)31(5,6)7)29(32(19-33,20-38-41(34)35)21-39-42(36)37)40-27-16-12-11-15-24(27)23-13-9-8-10-14-23/h11-12,15-18,23,29,33-37H,8-10,13-14,19-21H2,1-7H3. The lowest BCUT2D eigenvalue weighted by Crippen LogP contribution is -2.45. The molecule has 5 N–H and O–H groups in total. The van der Waals surface area contributed by atoms with Crippen molar-refractivity contribution in [3.63, 3.8) is 0 Å². The number of aliphatic hydroxyl groups is 1. The molecular weight excluding hydrogens is 574 g/mol. The molecule has 0 heterocycles. The highest BCUT2D eigenvalue weighted by molar-refractivity contribution is 7.39. The number of benzene rings is 2. The number of ether oxygens (including phenoxy) is 1. The quantitative estimate of drug-likeness (QED) is 0.157. The molecule has 2 aromatic carbocycles. The van der Waals surface area contributed by atoms with Crippen LogP contribution in [0.4, 0.5) is 0 Å². The van der Waals surface area contributed by atoms with E-state index in [1.54, 1.807) is 0 Å². The molecule has 3 rings (SSSR count). The lowest BCUT2D eigenvalue weighted by Gasteiger charge is -2.43. The fourth-order valence-electron chi connectivity index (χ4n) is 6.02. The minimum Gasteiger partial charge on any atom is -0.485 e. The van der Waals surface area contributed by atoms with Crippen molar-refractivity contribution < 1.29 is 38.5 Å². The van der Waals surface area contributed by atoms with Crippen LogP contribution in [0.2, 0.25) is 0 Å². The second-order valence-corrected chi connectivity index (χ2v) is 15.2. The first-order valence-corrected chi connectivity index (χ1v) is 17.1. The van der Waals surface area contributed by atoms with Gasteiger partial charge in [0, 0.05) is 5.56 Å². The summed E-state index contributed by atoms with van der Waals surface area (Å²) >= 11 is 0. The Bertz CT molecular complexity index is 1100. The van der Waals surface area contributed by atoms with Gasteiger partial charge in [-0.15, -0.1) is 0 Å². The average Bonchev–Trinajstić information content (AvgIpc) is 2.91. The number of aliphatic hydroxyl groups excluding tert-OH is 1. The number of hydrogen-bond donors (Lipinski definition) is 5. The van der Waals surface area contributed by atoms with Crippen molar-refractivity contribution >= 4 is 17.2 Å². The van der Waals surface area contributed by atoms with Crippen molar-refractivity contribution in [2.75, 3.05) is 19.8 Å². The normalized spacial score (nSPS) is 16.3. The van der Waals surface area contributed by atoms with Gasteiger partial charge in [-0.3, -0.25) is 0 Å². The zero-order valence-electron chi connectivity index (χ0n) is 26.1. The molecule has 0 bridgehead atoms. The minimum atomic E-state index is -2.77. The fourth-order valence-corrected chi connectivity index (χ4v) is 6.76. The van der Waals surface area contributed by atoms with Gasteiger partial charge in [-0.2, -0.15) is 0 Å². The van der Waals surface area contributed by atoms with Crippen LogP contribution in [0.15, 0.2) is 36.4 Å². The summed E-state index contributed by atoms with van der Waals surface area (Å²) in [5, 5.41) is 11.1. The predicted molar refractivity (Wildman–Crippen MR) is 168 cm³/mol. The van der Waals surface area contributed by atoms with E-state index < -0.39 is 35.3 Å². The number of hydrogen-bond acceptors (Lipinski definition) is 8. The molecular formula is C32H50O8P2. The van der Waals surface area contributed by atoms with Gasteiger partial charge < -0.3 is 38.5 Å². The van der Waals surface area contributed by atoms with E-state index in [-0.39, 0.29) is 24.0 Å². The molecule has 8 nitrogen and oxygen atoms in total. The van der Waals surface area contributed by atoms with Crippen LogP contribution in [0.5, 0.6) is 5.75 Å². The minimum absolute atomic E-state index is 0.333. The second kappa shape index (κ2) is 14.7. The predicted octanol–water partition coefficient (Wildman–Crippen LogP) is 7.19. The molecule has 0 saturated heterocycles. The van der Waals surface area contributed by atoms with Gasteiger partial charge in [-0.05, 0) is 59.3 Å². The van der Waals surface area contributed by atoms with Crippen LogP contribution in [0.1, 0.15) is 113 Å². The Balaban J connectivity index is 2.38. The van der Waals surface area contributed by atoms with E-state index in [4.69, 9.17) is 13.8 Å². The molecule has 1 unspecified atom stereocenters. The molecule has 1 aliphatic rings. The second-order valence-electron chi connectivity index (χ2n) is 13.7. The molecule has 0 aromatic heterocycles. The number of rotatable bonds is 12. The Morgan fingerprint density at radius 1 is 0.810 bits per heavy atom. The van der Waals surface area contributed by atoms with E-state index in [1.807, 2.05) is 18.2 Å². The van der Waals surface area contributed by atoms with E-state index in [0.717, 1.165) is 53.5 Å². The van der Waals surface area contributed by atoms with Gasteiger partial charge in [-0.1, -0.05) is 96.7 Å². The van der Waals surface area contributed by atoms with Crippen molar-refractivity contribution in [3.8, 4) is 5.75 Å². The number of aryl methyl sites for hydroxylation is 1. The Morgan fingerprint density at radius 2 is 1.31 bits per heavy atom. The zero-order valence-corrected chi connectivity index (χ0v) is 27.9. The fraction of sp³-hybridized carbons (Fsp3) is 0.625. The van der Waals surface area contributed by atoms with E-state index in [0.29, 0.717) is 11.7 Å². The molecule has 1 aliphatic carbocycles. The lowest BCUT2D eigenvalue weighted by atomic mass is 9.69. The topological polar surface area (TPSA) is 129 Å². The maximum Gasteiger partial charge on any atom is 0.327 e. The van der Waals surface area contributed by atoms with Crippen molar-refractivity contribution in [3.05, 3.63) is 64.2 Å². The third-order valence-electron chi connectivity index (χ3n) is 8.22. The van der Waals surface area contributed by atoms with Gasteiger partial charge in [0.2, 0.25) is 0 Å². The zero-order chi connectivity index (χ0) is 31.3. The monoisotopic (exact) mass is 624 g/mol. The maximum atomic E-state index is 11.1. The van der Waals surface area contributed by atoms with Gasteiger partial charge in [0.1, 0.15) is 11.9 Å². The van der Waals surface area contributed by atoms with Gasteiger partial charge in [0.25, 0.3) is 0 Å². The summed E-state index contributed by atoms with van der Waals surface area (Å²) in [6.07, 6.45) is 4.73. The summed E-state index contributed by atoms with van der Waals surface area (Å²) in [4.78, 5) is 39.2. The van der Waals surface area contributed by atoms with Crippen LogP contribution in [0.25, 0.3) is 0 Å². The molecule has 0 amide bonds. The van der Waals surface area contributed by atoms with Crippen LogP contribution in [0, 0.1) is 12.3 Å². The molecule has 10 heteroatoms. The Morgan fingerprint density at radius 3 is 1.76 bits per heavy atom. The third-order valence-corrected chi connectivity index (χ3v) is 8.94. The molecule has 1 saturated carbocycles. The highest BCUT2D eigenvalue weighted by Crippen LogP contribution is 2.50. The van der Waals surface area contributed by atoms with Crippen LogP contribution < -0.4 is 4.74 Å². The van der Waals surface area contributed by atoms with E-state index in [2.05, 4.69) is 66.7 Å².